The molecule has 6 heteroatoms. The largest absolute Gasteiger partial charge is 0.350 e. The number of pyridine rings is 1. The van der Waals surface area contributed by atoms with Crippen LogP contribution >= 0.6 is 0 Å². The Hall–Kier alpha value is -2.21. The van der Waals surface area contributed by atoms with Gasteiger partial charge in [0.15, 0.2) is 0 Å². The lowest BCUT2D eigenvalue weighted by molar-refractivity contribution is 0.0951. The molecule has 0 unspecified atom stereocenters. The van der Waals surface area contributed by atoms with Crippen molar-refractivity contribution in [2.24, 2.45) is 5.73 Å². The molecule has 0 aliphatic heterocycles. The molecule has 0 aromatic carbocycles. The standard InChI is InChI=1S/C12H15N5O/c13-9-11-8-10(2-4-14-11)12(18)15-5-7-17-6-1-3-16-17/h1-4,6,8H,5,7,9,13H2,(H,15,18). The van der Waals surface area contributed by atoms with Gasteiger partial charge in [0.1, 0.15) is 0 Å². The van der Waals surface area contributed by atoms with Crippen molar-refractivity contribution in [3.8, 4) is 0 Å². The third-order valence-corrected chi connectivity index (χ3v) is 2.47. The van der Waals surface area contributed by atoms with Crippen molar-refractivity contribution in [1.29, 1.82) is 0 Å². The summed E-state index contributed by atoms with van der Waals surface area (Å²) in [5.41, 5.74) is 6.76. The van der Waals surface area contributed by atoms with E-state index in [-0.39, 0.29) is 5.91 Å². The summed E-state index contributed by atoms with van der Waals surface area (Å²) in [6.07, 6.45) is 5.15. The number of nitrogens with one attached hydrogen (secondary N) is 1. The van der Waals surface area contributed by atoms with Gasteiger partial charge in [-0.1, -0.05) is 0 Å². The average Bonchev–Trinajstić information content (AvgIpc) is 2.92. The molecule has 2 heterocycles. The molecule has 0 fully saturated rings. The van der Waals surface area contributed by atoms with Crippen molar-refractivity contribution >= 4 is 5.91 Å². The molecular formula is C12H15N5O. The monoisotopic (exact) mass is 245 g/mol. The Morgan fingerprint density at radius 2 is 2.33 bits per heavy atom. The first kappa shape index (κ1) is 12.3. The second kappa shape index (κ2) is 5.92. The molecule has 3 N–H and O–H groups in total. The fourth-order valence-electron chi connectivity index (χ4n) is 1.55. The Morgan fingerprint density at radius 3 is 3.06 bits per heavy atom. The molecule has 2 rings (SSSR count). The molecule has 0 aliphatic carbocycles. The lowest BCUT2D eigenvalue weighted by Crippen LogP contribution is -2.27. The number of nitrogens with two attached hydrogens (primary N) is 1. The summed E-state index contributed by atoms with van der Waals surface area (Å²) in [5.74, 6) is -0.126. The maximum Gasteiger partial charge on any atom is 0.251 e. The van der Waals surface area contributed by atoms with Gasteiger partial charge in [0.25, 0.3) is 5.91 Å². The van der Waals surface area contributed by atoms with Crippen LogP contribution in [-0.4, -0.2) is 27.2 Å². The minimum absolute atomic E-state index is 0.126. The number of hydrogen-bond acceptors (Lipinski definition) is 4. The summed E-state index contributed by atoms with van der Waals surface area (Å²) < 4.78 is 1.76. The first-order valence-electron chi connectivity index (χ1n) is 5.70. The van der Waals surface area contributed by atoms with Crippen molar-refractivity contribution in [2.45, 2.75) is 13.1 Å². The smallest absolute Gasteiger partial charge is 0.251 e. The molecule has 0 radical (unpaired) electrons. The summed E-state index contributed by atoms with van der Waals surface area (Å²) in [6.45, 7) is 1.50. The molecule has 0 saturated carbocycles. The van der Waals surface area contributed by atoms with Gasteiger partial charge in [-0.05, 0) is 18.2 Å². The van der Waals surface area contributed by atoms with Gasteiger partial charge in [-0.15, -0.1) is 0 Å². The van der Waals surface area contributed by atoms with Gasteiger partial charge in [-0.3, -0.25) is 14.5 Å². The minimum atomic E-state index is -0.126. The zero-order chi connectivity index (χ0) is 12.8. The van der Waals surface area contributed by atoms with Gasteiger partial charge in [-0.2, -0.15) is 5.10 Å². The quantitative estimate of drug-likeness (QED) is 0.786. The first-order chi connectivity index (χ1) is 8.79. The van der Waals surface area contributed by atoms with Gasteiger partial charge in [-0.25, -0.2) is 0 Å². The first-order valence-corrected chi connectivity index (χ1v) is 5.70. The number of hydrogen-bond donors (Lipinski definition) is 2. The number of nitrogens with zero attached hydrogens (tertiary/aromatic N) is 3. The third-order valence-electron chi connectivity index (χ3n) is 2.47. The summed E-state index contributed by atoms with van der Waals surface area (Å²) in [6, 6.07) is 5.21. The van der Waals surface area contributed by atoms with Crippen molar-refractivity contribution in [3.63, 3.8) is 0 Å². The van der Waals surface area contributed by atoms with Crippen LogP contribution < -0.4 is 11.1 Å². The number of amides is 1. The predicted octanol–water partition coefficient (Wildman–Crippen LogP) is 0.167. The molecular weight excluding hydrogens is 230 g/mol. The van der Waals surface area contributed by atoms with Crippen LogP contribution in [0.3, 0.4) is 0 Å². The van der Waals surface area contributed by atoms with Crippen LogP contribution in [0.5, 0.6) is 0 Å². The maximum absolute atomic E-state index is 11.8. The maximum atomic E-state index is 11.8. The molecule has 0 atom stereocenters. The third kappa shape index (κ3) is 3.14. The highest BCUT2D eigenvalue weighted by Crippen LogP contribution is 2.00. The second-order valence-electron chi connectivity index (χ2n) is 3.77. The van der Waals surface area contributed by atoms with E-state index in [1.165, 1.54) is 0 Å². The number of rotatable bonds is 5. The van der Waals surface area contributed by atoms with Crippen molar-refractivity contribution in [2.75, 3.05) is 6.54 Å². The Morgan fingerprint density at radius 1 is 1.44 bits per heavy atom. The summed E-state index contributed by atoms with van der Waals surface area (Å²) in [5, 5.41) is 6.87. The topological polar surface area (TPSA) is 85.8 Å². The van der Waals surface area contributed by atoms with Crippen LogP contribution in [0.15, 0.2) is 36.8 Å². The highest BCUT2D eigenvalue weighted by atomic mass is 16.1. The van der Waals surface area contributed by atoms with Gasteiger partial charge >= 0.3 is 0 Å². The van der Waals surface area contributed by atoms with E-state index in [9.17, 15) is 4.79 Å². The molecule has 0 bridgehead atoms. The van der Waals surface area contributed by atoms with Crippen LogP contribution in [0.1, 0.15) is 16.1 Å². The van der Waals surface area contributed by atoms with Crippen molar-refractivity contribution in [3.05, 3.63) is 48.0 Å². The molecule has 0 saturated heterocycles. The summed E-state index contributed by atoms with van der Waals surface area (Å²) in [7, 11) is 0. The second-order valence-corrected chi connectivity index (χ2v) is 3.77. The SMILES string of the molecule is NCc1cc(C(=O)NCCn2cccn2)ccn1. The highest BCUT2D eigenvalue weighted by molar-refractivity contribution is 5.94. The summed E-state index contributed by atoms with van der Waals surface area (Å²) >= 11 is 0. The van der Waals surface area contributed by atoms with E-state index >= 15 is 0 Å². The Bertz CT molecular complexity index is 509. The van der Waals surface area contributed by atoms with E-state index < -0.39 is 0 Å². The van der Waals surface area contributed by atoms with Crippen LogP contribution in [-0.2, 0) is 13.1 Å². The summed E-state index contributed by atoms with van der Waals surface area (Å²) in [4.78, 5) is 15.9. The van der Waals surface area contributed by atoms with Crippen molar-refractivity contribution < 1.29 is 4.79 Å². The van der Waals surface area contributed by atoms with Gasteiger partial charge in [0, 0.05) is 37.2 Å². The fraction of sp³-hybridized carbons (Fsp3) is 0.250. The number of carbonyl (C=O) groups is 1. The normalized spacial score (nSPS) is 10.3. The molecule has 1 amide bonds. The lowest BCUT2D eigenvalue weighted by Gasteiger charge is -2.06. The van der Waals surface area contributed by atoms with E-state index in [2.05, 4.69) is 15.4 Å². The van der Waals surface area contributed by atoms with Gasteiger partial charge < -0.3 is 11.1 Å². The Balaban J connectivity index is 1.87. The fourth-order valence-corrected chi connectivity index (χ4v) is 1.55. The molecule has 18 heavy (non-hydrogen) atoms. The zero-order valence-electron chi connectivity index (χ0n) is 9.91. The molecule has 0 spiro atoms. The zero-order valence-corrected chi connectivity index (χ0v) is 9.91. The molecule has 2 aromatic heterocycles. The lowest BCUT2D eigenvalue weighted by atomic mass is 10.2. The number of carbonyl (C=O) groups excluding carboxylic acids is 1. The van der Waals surface area contributed by atoms with Crippen LogP contribution in [0.25, 0.3) is 0 Å². The predicted molar refractivity (Wildman–Crippen MR) is 66.7 cm³/mol. The Kier molecular flexibility index (Phi) is 4.03. The molecule has 2 aromatic rings. The van der Waals surface area contributed by atoms with Crippen LogP contribution in [0.2, 0.25) is 0 Å². The van der Waals surface area contributed by atoms with Crippen molar-refractivity contribution in [1.82, 2.24) is 20.1 Å². The molecule has 0 aliphatic rings. The van der Waals surface area contributed by atoms with E-state index in [1.807, 2.05) is 12.3 Å². The highest BCUT2D eigenvalue weighted by Gasteiger charge is 2.05. The average molecular weight is 245 g/mol. The minimum Gasteiger partial charge on any atom is -0.350 e. The van der Waals surface area contributed by atoms with Gasteiger partial charge in [0.05, 0.1) is 12.2 Å². The van der Waals surface area contributed by atoms with E-state index in [4.69, 9.17) is 5.73 Å². The van der Waals surface area contributed by atoms with E-state index in [1.54, 1.807) is 29.2 Å². The van der Waals surface area contributed by atoms with E-state index in [0.29, 0.717) is 30.9 Å². The van der Waals surface area contributed by atoms with Gasteiger partial charge in [0.2, 0.25) is 0 Å². The van der Waals surface area contributed by atoms with Crippen LogP contribution in [0, 0.1) is 0 Å². The Labute approximate surface area is 105 Å². The number of aromatic nitrogens is 3. The van der Waals surface area contributed by atoms with Crippen LogP contribution in [0.4, 0.5) is 0 Å². The molecule has 94 valence electrons. The molecule has 6 nitrogen and oxygen atoms in total. The van der Waals surface area contributed by atoms with E-state index in [0.717, 1.165) is 0 Å².